The maximum absolute atomic E-state index is 10.6. The number of carboxylic acid groups (broad SMARTS) is 1. The van der Waals surface area contributed by atoms with E-state index in [1.807, 2.05) is 57.9 Å². The molecule has 0 aliphatic carbocycles. The Kier molecular flexibility index (Phi) is 11.6. The molecule has 8 heterocycles. The third-order valence-electron chi connectivity index (χ3n) is 9.62. The van der Waals surface area contributed by atoms with Crippen molar-refractivity contribution in [2.75, 3.05) is 32.7 Å². The number of benzene rings is 1. The zero-order valence-electron chi connectivity index (χ0n) is 29.7. The van der Waals surface area contributed by atoms with Crippen LogP contribution in [0.1, 0.15) is 54.9 Å². The van der Waals surface area contributed by atoms with E-state index >= 15 is 0 Å². The summed E-state index contributed by atoms with van der Waals surface area (Å²) in [5, 5.41) is 20.9. The van der Waals surface area contributed by atoms with Crippen molar-refractivity contribution < 1.29 is 32.1 Å². The van der Waals surface area contributed by atoms with Crippen LogP contribution in [0.2, 0.25) is 0 Å². The molecule has 2 N–H and O–H groups in total. The van der Waals surface area contributed by atoms with Crippen LogP contribution in [0.3, 0.4) is 0 Å². The smallest absolute Gasteiger partial charge is 0.475 e. The number of pyridine rings is 2. The molecule has 2 aliphatic rings. The third kappa shape index (κ3) is 9.24. The summed E-state index contributed by atoms with van der Waals surface area (Å²) in [6.07, 6.45) is 7.65. The van der Waals surface area contributed by atoms with Crippen molar-refractivity contribution in [3.8, 4) is 11.9 Å². The predicted octanol–water partition coefficient (Wildman–Crippen LogP) is 6.34. The Morgan fingerprint density at radius 3 is 1.76 bits per heavy atom. The first-order chi connectivity index (χ1) is 26.7. The third-order valence-corrected chi connectivity index (χ3v) is 9.62. The van der Waals surface area contributed by atoms with Crippen molar-refractivity contribution in [3.05, 3.63) is 109 Å². The Hall–Kier alpha value is -5.94. The van der Waals surface area contributed by atoms with Crippen LogP contribution in [0.25, 0.3) is 34.0 Å². The van der Waals surface area contributed by atoms with Gasteiger partial charge in [-0.25, -0.2) is 14.8 Å². The normalized spacial score (nSPS) is 15.7. The first-order valence-electron chi connectivity index (χ1n) is 18.0. The molecular weight excluding hydrogens is 717 g/mol. The minimum absolute atomic E-state index is 0.337. The summed E-state index contributed by atoms with van der Waals surface area (Å²) >= 11 is 0. The fraction of sp³-hybridized carbons (Fsp3) is 0.342. The number of alkyl halides is 3. The molecule has 286 valence electrons. The van der Waals surface area contributed by atoms with Gasteiger partial charge in [0.1, 0.15) is 11.3 Å². The summed E-state index contributed by atoms with van der Waals surface area (Å²) in [5.41, 5.74) is 3.11. The highest BCUT2D eigenvalue weighted by Gasteiger charge is 2.38. The minimum Gasteiger partial charge on any atom is -0.475 e. The van der Waals surface area contributed by atoms with E-state index in [-0.39, 0.29) is 0 Å². The number of carbonyl (C=O) groups is 1. The van der Waals surface area contributed by atoms with E-state index < -0.39 is 12.1 Å². The number of hydrogen-bond acceptors (Lipinski definition) is 11. The second-order valence-electron chi connectivity index (χ2n) is 13.2. The highest BCUT2D eigenvalue weighted by Crippen LogP contribution is 2.28. The zero-order chi connectivity index (χ0) is 38.2. The SMILES string of the molecule is O=C(O)C(F)(F)F.c1ccc(CCN2CCC(c3nc(-n4ccc5cccnc54)no3)CC2)cc1.c1cnc2c(c1)ccn2-c1noc(C2CCNCC2)n1. The summed E-state index contributed by atoms with van der Waals surface area (Å²) in [5.74, 6) is 0.556. The van der Waals surface area contributed by atoms with Crippen LogP contribution < -0.4 is 5.32 Å². The lowest BCUT2D eigenvalue weighted by atomic mass is 9.96. The van der Waals surface area contributed by atoms with Crippen LogP contribution in [0.5, 0.6) is 0 Å². The number of likely N-dealkylation sites (tertiary alicyclic amines) is 1. The van der Waals surface area contributed by atoms with Crippen molar-refractivity contribution in [2.24, 2.45) is 0 Å². The first-order valence-corrected chi connectivity index (χ1v) is 18.0. The van der Waals surface area contributed by atoms with Gasteiger partial charge in [-0.3, -0.25) is 9.13 Å². The number of hydrogen-bond donors (Lipinski definition) is 2. The zero-order valence-corrected chi connectivity index (χ0v) is 29.7. The van der Waals surface area contributed by atoms with Gasteiger partial charge < -0.3 is 24.4 Å². The number of fused-ring (bicyclic) bond motifs is 2. The summed E-state index contributed by atoms with van der Waals surface area (Å²) in [6, 6.07) is 22.6. The number of rotatable bonds is 7. The molecule has 2 fully saturated rings. The molecule has 0 saturated carbocycles. The maximum Gasteiger partial charge on any atom is 0.490 e. The van der Waals surface area contributed by atoms with Crippen LogP contribution in [0, 0.1) is 0 Å². The van der Waals surface area contributed by atoms with Crippen molar-refractivity contribution in [1.82, 2.24) is 49.6 Å². The lowest BCUT2D eigenvalue weighted by Gasteiger charge is -2.30. The van der Waals surface area contributed by atoms with Crippen LogP contribution >= 0.6 is 0 Å². The molecule has 17 heteroatoms. The number of piperidine rings is 2. The van der Waals surface area contributed by atoms with Gasteiger partial charge in [-0.2, -0.15) is 23.1 Å². The molecular formula is C38H39F3N10O4. The molecule has 0 spiro atoms. The van der Waals surface area contributed by atoms with Crippen LogP contribution in [-0.4, -0.2) is 94.3 Å². The Morgan fingerprint density at radius 2 is 1.25 bits per heavy atom. The van der Waals surface area contributed by atoms with Gasteiger partial charge in [0, 0.05) is 53.9 Å². The Labute approximate surface area is 313 Å². The molecule has 0 radical (unpaired) electrons. The quantitative estimate of drug-likeness (QED) is 0.186. The van der Waals surface area contributed by atoms with E-state index in [1.54, 1.807) is 12.4 Å². The Balaban J connectivity index is 0.000000150. The highest BCUT2D eigenvalue weighted by molar-refractivity contribution is 5.77. The highest BCUT2D eigenvalue weighted by atomic mass is 19.4. The fourth-order valence-electron chi connectivity index (χ4n) is 6.64. The summed E-state index contributed by atoms with van der Waals surface area (Å²) in [7, 11) is 0. The summed E-state index contributed by atoms with van der Waals surface area (Å²) in [6.45, 7) is 5.27. The molecule has 2 saturated heterocycles. The molecule has 0 unspecified atom stereocenters. The number of halogens is 3. The van der Waals surface area contributed by atoms with E-state index in [0.29, 0.717) is 23.7 Å². The molecule has 0 amide bonds. The number of aliphatic carboxylic acids is 1. The monoisotopic (exact) mass is 756 g/mol. The Morgan fingerprint density at radius 1 is 0.745 bits per heavy atom. The predicted molar refractivity (Wildman–Crippen MR) is 195 cm³/mol. The number of aromatic nitrogens is 8. The molecule has 9 rings (SSSR count). The topological polar surface area (TPSA) is 166 Å². The summed E-state index contributed by atoms with van der Waals surface area (Å²) in [4.78, 5) is 29.4. The van der Waals surface area contributed by atoms with E-state index in [0.717, 1.165) is 98.7 Å². The van der Waals surface area contributed by atoms with Gasteiger partial charge in [-0.15, -0.1) is 0 Å². The molecule has 1 aromatic carbocycles. The molecule has 6 aromatic heterocycles. The van der Waals surface area contributed by atoms with Crippen LogP contribution in [-0.2, 0) is 11.2 Å². The van der Waals surface area contributed by atoms with E-state index in [1.165, 1.54) is 5.56 Å². The second kappa shape index (κ2) is 17.0. The van der Waals surface area contributed by atoms with Crippen LogP contribution in [0.4, 0.5) is 13.2 Å². The van der Waals surface area contributed by atoms with E-state index in [4.69, 9.17) is 18.9 Å². The fourth-order valence-corrected chi connectivity index (χ4v) is 6.64. The lowest BCUT2D eigenvalue weighted by Crippen LogP contribution is -2.34. The standard InChI is InChI=1S/C22H23N5O.C14H15N5O.C2HF3O2/c1-2-5-17(6-3-1)8-13-26-14-9-19(10-15-26)21-24-22(25-28-21)27-16-11-18-7-4-12-23-20(18)27;1-2-10-5-9-19(12(10)16-6-1)14-17-13(20-18-14)11-3-7-15-8-4-11;3-2(4,5)1(6)7/h1-7,11-12,16,19H,8-10,13-15H2;1-2,5-6,9,11,15H,3-4,7-8H2;(H,6,7). The average Bonchev–Trinajstić information content (AvgIpc) is 4.04. The maximum atomic E-state index is 10.6. The molecule has 55 heavy (non-hydrogen) atoms. The number of nitrogens with one attached hydrogen (secondary N) is 1. The largest absolute Gasteiger partial charge is 0.490 e. The molecule has 2 aliphatic heterocycles. The van der Waals surface area contributed by atoms with E-state index in [2.05, 4.69) is 70.8 Å². The van der Waals surface area contributed by atoms with Gasteiger partial charge in [0.15, 0.2) is 0 Å². The van der Waals surface area contributed by atoms with Crippen molar-refractivity contribution in [2.45, 2.75) is 50.1 Å². The van der Waals surface area contributed by atoms with Gasteiger partial charge in [-0.1, -0.05) is 30.3 Å². The first kappa shape index (κ1) is 37.4. The second-order valence-corrected chi connectivity index (χ2v) is 13.2. The van der Waals surface area contributed by atoms with Crippen molar-refractivity contribution in [3.63, 3.8) is 0 Å². The van der Waals surface area contributed by atoms with Crippen LogP contribution in [0.15, 0.2) is 101 Å². The van der Waals surface area contributed by atoms with E-state index in [9.17, 15) is 13.2 Å². The lowest BCUT2D eigenvalue weighted by molar-refractivity contribution is -0.192. The Bertz CT molecular complexity index is 2290. The number of carboxylic acids is 1. The van der Waals surface area contributed by atoms with Crippen molar-refractivity contribution in [1.29, 1.82) is 0 Å². The number of nitrogens with zero attached hydrogens (tertiary/aromatic N) is 9. The molecule has 0 bridgehead atoms. The summed E-state index contributed by atoms with van der Waals surface area (Å²) < 4.78 is 46.5. The molecule has 0 atom stereocenters. The average molecular weight is 757 g/mol. The van der Waals surface area contributed by atoms with Gasteiger partial charge in [0.05, 0.1) is 0 Å². The van der Waals surface area contributed by atoms with Gasteiger partial charge in [0.2, 0.25) is 11.8 Å². The van der Waals surface area contributed by atoms with Gasteiger partial charge >= 0.3 is 12.1 Å². The minimum atomic E-state index is -5.08. The molecule has 7 aromatic rings. The van der Waals surface area contributed by atoms with Crippen molar-refractivity contribution >= 4 is 28.0 Å². The van der Waals surface area contributed by atoms with Gasteiger partial charge in [-0.05, 0) is 111 Å². The van der Waals surface area contributed by atoms with Gasteiger partial charge in [0.25, 0.3) is 11.9 Å². The molecule has 14 nitrogen and oxygen atoms in total.